The topological polar surface area (TPSA) is 85.2 Å². The minimum absolute atomic E-state index is 0.472. The van der Waals surface area contributed by atoms with Gasteiger partial charge in [0.05, 0.1) is 0 Å². The molecule has 1 heterocycles. The highest BCUT2D eigenvalue weighted by atomic mass is 31.2. The molecule has 200 valence electrons. The number of hydrogen-bond acceptors (Lipinski definition) is 6. The van der Waals surface area contributed by atoms with Crippen molar-refractivity contribution in [2.75, 3.05) is 0 Å². The fraction of sp³-hybridized carbons (Fsp3) is 0.478. The van der Waals surface area contributed by atoms with Crippen LogP contribution in [0.25, 0.3) is 0 Å². The molecule has 36 heavy (non-hydrogen) atoms. The number of halogens is 6. The minimum Gasteiger partial charge on any atom is -0.378 e. The van der Waals surface area contributed by atoms with Gasteiger partial charge in [-0.1, -0.05) is 60.7 Å². The lowest BCUT2D eigenvalue weighted by Crippen LogP contribution is -2.71. The largest absolute Gasteiger partial charge is 0.476 e. The summed E-state index contributed by atoms with van der Waals surface area (Å²) >= 11 is 0. The van der Waals surface area contributed by atoms with Crippen LogP contribution in [0.15, 0.2) is 60.7 Å². The van der Waals surface area contributed by atoms with Crippen LogP contribution in [0.1, 0.15) is 44.9 Å². The number of rotatable bonds is 6. The molecular formula is C23H25F6O6P. The summed E-state index contributed by atoms with van der Waals surface area (Å²) in [5.74, 6) is 0. The van der Waals surface area contributed by atoms with E-state index in [1.807, 2.05) is 0 Å². The third-order valence-corrected chi connectivity index (χ3v) is 8.26. The Labute approximate surface area is 203 Å². The molecule has 1 aliphatic rings. The van der Waals surface area contributed by atoms with E-state index in [9.17, 15) is 41.1 Å². The summed E-state index contributed by atoms with van der Waals surface area (Å²) < 4.78 is 115. The van der Waals surface area contributed by atoms with Gasteiger partial charge in [0.1, 0.15) is 17.3 Å². The van der Waals surface area contributed by atoms with Crippen molar-refractivity contribution in [3.8, 4) is 0 Å². The molecule has 0 unspecified atom stereocenters. The molecule has 0 aliphatic carbocycles. The van der Waals surface area contributed by atoms with E-state index in [4.69, 9.17) is 13.6 Å². The average Bonchev–Trinajstić information content (AvgIpc) is 2.92. The molecule has 0 aromatic heterocycles. The molecule has 0 saturated carbocycles. The van der Waals surface area contributed by atoms with Gasteiger partial charge in [-0.3, -0.25) is 13.6 Å². The first-order valence-corrected chi connectivity index (χ1v) is 12.1. The summed E-state index contributed by atoms with van der Waals surface area (Å²) in [6, 6.07) is 10.9. The van der Waals surface area contributed by atoms with Gasteiger partial charge in [-0.2, -0.15) is 26.3 Å². The van der Waals surface area contributed by atoms with Crippen LogP contribution < -0.4 is 0 Å². The van der Waals surface area contributed by atoms with Crippen LogP contribution >= 0.6 is 7.82 Å². The summed E-state index contributed by atoms with van der Waals surface area (Å²) in [7, 11) is -4.93. The monoisotopic (exact) mass is 542 g/mol. The highest BCUT2D eigenvalue weighted by Crippen LogP contribution is 2.69. The fourth-order valence-electron chi connectivity index (χ4n) is 3.81. The third kappa shape index (κ3) is 4.48. The van der Waals surface area contributed by atoms with Gasteiger partial charge in [0.15, 0.2) is 5.60 Å². The molecule has 2 aromatic rings. The first kappa shape index (κ1) is 28.6. The molecule has 0 radical (unpaired) electrons. The van der Waals surface area contributed by atoms with E-state index in [1.54, 1.807) is 0 Å². The molecule has 2 N–H and O–H groups in total. The standard InChI is InChI=1S/C23H25F6O6P/c1-18(2)19(3,4)35-36(32,34-18)33-17(15-11-7-5-8-12-15)20(30,16-13-9-6-10-14-16)21(31,22(24,25)26)23(27,28)29/h5-14,17,30-31H,1-4H3/t17-,20+/m1/s1. The van der Waals surface area contributed by atoms with Crippen LogP contribution in [-0.2, 0) is 23.7 Å². The van der Waals surface area contributed by atoms with Crippen molar-refractivity contribution in [2.24, 2.45) is 0 Å². The highest BCUT2D eigenvalue weighted by molar-refractivity contribution is 7.48. The maximum absolute atomic E-state index is 14.2. The molecule has 0 amide bonds. The number of hydrogen-bond donors (Lipinski definition) is 2. The van der Waals surface area contributed by atoms with Crippen molar-refractivity contribution in [2.45, 2.75) is 68.6 Å². The van der Waals surface area contributed by atoms with Crippen molar-refractivity contribution >= 4 is 7.82 Å². The second-order valence-corrected chi connectivity index (χ2v) is 10.9. The molecule has 3 rings (SSSR count). The van der Waals surface area contributed by atoms with Gasteiger partial charge >= 0.3 is 20.2 Å². The van der Waals surface area contributed by atoms with Crippen LogP contribution in [0, 0.1) is 0 Å². The predicted octanol–water partition coefficient (Wildman–Crippen LogP) is 6.20. The van der Waals surface area contributed by atoms with Crippen molar-refractivity contribution in [3.63, 3.8) is 0 Å². The van der Waals surface area contributed by atoms with E-state index < -0.39 is 59.8 Å². The predicted molar refractivity (Wildman–Crippen MR) is 116 cm³/mol. The SMILES string of the molecule is CC1(C)OP(=O)(O[C@H](c2ccccc2)[C@@](O)(c2ccccc2)C(O)(C(F)(F)F)C(F)(F)F)OC1(C)C. The molecule has 0 spiro atoms. The van der Waals surface area contributed by atoms with Gasteiger partial charge in [0, 0.05) is 0 Å². The Kier molecular flexibility index (Phi) is 7.01. The van der Waals surface area contributed by atoms with Crippen LogP contribution in [0.4, 0.5) is 26.3 Å². The number of alkyl halides is 6. The normalized spacial score (nSPS) is 22.1. The lowest BCUT2D eigenvalue weighted by Gasteiger charge is -2.48. The minimum atomic E-state index is -6.48. The summed E-state index contributed by atoms with van der Waals surface area (Å²) in [6.45, 7) is 5.72. The molecule has 2 aromatic carbocycles. The van der Waals surface area contributed by atoms with Gasteiger partial charge in [0.2, 0.25) is 0 Å². The molecule has 0 bridgehead atoms. The fourth-order valence-corrected chi connectivity index (χ4v) is 6.02. The van der Waals surface area contributed by atoms with Crippen molar-refractivity contribution in [1.82, 2.24) is 0 Å². The smallest absolute Gasteiger partial charge is 0.378 e. The Morgan fingerprint density at radius 3 is 1.56 bits per heavy atom. The molecule has 13 heteroatoms. The number of benzene rings is 2. The van der Waals surface area contributed by atoms with Gasteiger partial charge in [-0.05, 0) is 38.8 Å². The Morgan fingerprint density at radius 1 is 0.778 bits per heavy atom. The van der Waals surface area contributed by atoms with Gasteiger partial charge < -0.3 is 10.2 Å². The molecule has 6 nitrogen and oxygen atoms in total. The van der Waals surface area contributed by atoms with Gasteiger partial charge in [-0.25, -0.2) is 4.57 Å². The van der Waals surface area contributed by atoms with Crippen LogP contribution in [0.2, 0.25) is 0 Å². The van der Waals surface area contributed by atoms with Gasteiger partial charge in [0.25, 0.3) is 5.60 Å². The average molecular weight is 542 g/mol. The number of aliphatic hydroxyl groups is 2. The summed E-state index contributed by atoms with van der Waals surface area (Å²) in [4.78, 5) is 0. The Hall–Kier alpha value is -1.95. The van der Waals surface area contributed by atoms with Crippen LogP contribution in [0.5, 0.6) is 0 Å². The van der Waals surface area contributed by atoms with E-state index in [0.29, 0.717) is 0 Å². The Morgan fingerprint density at radius 2 is 1.17 bits per heavy atom. The van der Waals surface area contributed by atoms with E-state index >= 15 is 0 Å². The lowest BCUT2D eigenvalue weighted by molar-refractivity contribution is -0.427. The highest BCUT2D eigenvalue weighted by Gasteiger charge is 2.82. The first-order valence-electron chi connectivity index (χ1n) is 10.6. The number of phosphoric acid groups is 1. The van der Waals surface area contributed by atoms with E-state index in [1.165, 1.54) is 52.0 Å². The molecule has 1 aliphatic heterocycles. The van der Waals surface area contributed by atoms with Crippen molar-refractivity contribution < 1.29 is 54.7 Å². The zero-order chi connectivity index (χ0) is 27.4. The summed E-state index contributed by atoms with van der Waals surface area (Å²) in [5, 5.41) is 22.1. The zero-order valence-electron chi connectivity index (χ0n) is 19.6. The quantitative estimate of drug-likeness (QED) is 0.334. The zero-order valence-corrected chi connectivity index (χ0v) is 20.5. The maximum Gasteiger partial charge on any atom is 0.476 e. The lowest BCUT2D eigenvalue weighted by atomic mass is 9.70. The number of phosphoric ester groups is 1. The second kappa shape index (κ2) is 8.82. The van der Waals surface area contributed by atoms with Crippen LogP contribution in [0.3, 0.4) is 0 Å². The van der Waals surface area contributed by atoms with E-state index in [2.05, 4.69) is 0 Å². The van der Waals surface area contributed by atoms with E-state index in [-0.39, 0.29) is 0 Å². The molecule has 1 saturated heterocycles. The summed E-state index contributed by atoms with van der Waals surface area (Å²) in [6.07, 6.45) is -15.7. The summed E-state index contributed by atoms with van der Waals surface area (Å²) in [5.41, 5.74) is -14.3. The van der Waals surface area contributed by atoms with Gasteiger partial charge in [-0.15, -0.1) is 0 Å². The van der Waals surface area contributed by atoms with E-state index in [0.717, 1.165) is 36.4 Å². The Balaban J connectivity index is 2.37. The maximum atomic E-state index is 14.2. The molecule has 1 fully saturated rings. The van der Waals surface area contributed by atoms with Crippen molar-refractivity contribution in [1.29, 1.82) is 0 Å². The third-order valence-electron chi connectivity index (χ3n) is 6.43. The molecule has 2 atom stereocenters. The van der Waals surface area contributed by atoms with Crippen LogP contribution in [-0.4, -0.2) is 39.4 Å². The second-order valence-electron chi connectivity index (χ2n) is 9.38. The molecular weight excluding hydrogens is 517 g/mol. The Bertz CT molecular complexity index is 1090. The first-order chi connectivity index (χ1) is 16.2. The van der Waals surface area contributed by atoms with Crippen molar-refractivity contribution in [3.05, 3.63) is 71.8 Å².